The Balaban J connectivity index is 1.46. The summed E-state index contributed by atoms with van der Waals surface area (Å²) in [7, 11) is 0. The number of nitrogens with zero attached hydrogens (tertiary/aromatic N) is 3. The van der Waals surface area contributed by atoms with Gasteiger partial charge in [0.15, 0.2) is 0 Å². The molecule has 0 radical (unpaired) electrons. The molecular formula is C25H18FN3O3. The Kier molecular flexibility index (Phi) is 4.86. The number of aromatic nitrogens is 2. The van der Waals surface area contributed by atoms with Gasteiger partial charge < -0.3 is 0 Å². The predicted octanol–water partition coefficient (Wildman–Crippen LogP) is 3.75. The number of fused-ring (bicyclic) bond motifs is 2. The molecule has 0 saturated heterocycles. The number of benzene rings is 3. The molecule has 1 aliphatic heterocycles. The fourth-order valence-electron chi connectivity index (χ4n) is 4.04. The van der Waals surface area contributed by atoms with E-state index in [0.29, 0.717) is 46.4 Å². The van der Waals surface area contributed by atoms with Crippen molar-refractivity contribution in [3.05, 3.63) is 106 Å². The second-order valence-corrected chi connectivity index (χ2v) is 7.57. The van der Waals surface area contributed by atoms with Gasteiger partial charge in [-0.25, -0.2) is 9.37 Å². The molecule has 158 valence electrons. The van der Waals surface area contributed by atoms with Crippen LogP contribution in [0.1, 0.15) is 33.0 Å². The lowest BCUT2D eigenvalue weighted by molar-refractivity contribution is 0.0652. The quantitative estimate of drug-likeness (QED) is 0.455. The van der Waals surface area contributed by atoms with Crippen molar-refractivity contribution in [3.63, 3.8) is 0 Å². The lowest BCUT2D eigenvalue weighted by atomic mass is 10.1. The van der Waals surface area contributed by atoms with Crippen molar-refractivity contribution in [2.24, 2.45) is 0 Å². The van der Waals surface area contributed by atoms with Crippen LogP contribution in [0.5, 0.6) is 0 Å². The molecule has 6 nitrogen and oxygen atoms in total. The van der Waals surface area contributed by atoms with Crippen LogP contribution in [0.15, 0.2) is 77.6 Å². The number of rotatable bonds is 5. The number of hydrogen-bond acceptors (Lipinski definition) is 4. The third-order valence-corrected chi connectivity index (χ3v) is 5.59. The molecule has 32 heavy (non-hydrogen) atoms. The molecule has 4 aromatic rings. The molecule has 0 saturated carbocycles. The molecule has 0 aliphatic carbocycles. The molecule has 3 aromatic carbocycles. The van der Waals surface area contributed by atoms with Crippen molar-refractivity contribution in [2.75, 3.05) is 6.54 Å². The van der Waals surface area contributed by atoms with Crippen LogP contribution in [-0.4, -0.2) is 32.8 Å². The topological polar surface area (TPSA) is 72.3 Å². The van der Waals surface area contributed by atoms with Gasteiger partial charge >= 0.3 is 0 Å². The number of amides is 2. The van der Waals surface area contributed by atoms with Crippen LogP contribution in [-0.2, 0) is 6.42 Å². The van der Waals surface area contributed by atoms with Crippen molar-refractivity contribution in [1.82, 2.24) is 14.5 Å². The Hall–Kier alpha value is -4.13. The molecule has 0 atom stereocenters. The third kappa shape index (κ3) is 3.28. The number of imide groups is 1. The summed E-state index contributed by atoms with van der Waals surface area (Å²) in [6.45, 7) is 0.207. The number of halogens is 1. The van der Waals surface area contributed by atoms with Crippen LogP contribution in [0.2, 0.25) is 0 Å². The maximum Gasteiger partial charge on any atom is 0.265 e. The summed E-state index contributed by atoms with van der Waals surface area (Å²) in [5, 5.41) is 0.459. The van der Waals surface area contributed by atoms with Crippen LogP contribution in [0, 0.1) is 5.82 Å². The smallest absolute Gasteiger partial charge is 0.265 e. The fourth-order valence-corrected chi connectivity index (χ4v) is 4.04. The van der Waals surface area contributed by atoms with Gasteiger partial charge in [0.25, 0.3) is 17.4 Å². The average Bonchev–Trinajstić information content (AvgIpc) is 3.05. The minimum atomic E-state index is -0.400. The summed E-state index contributed by atoms with van der Waals surface area (Å²) in [6.07, 6.45) is 0.780. The SMILES string of the molecule is O=C1c2ccccc2C(=O)N1CCCc1nc2ccccc2c(=O)n1-c1ccc(F)cc1. The first-order chi connectivity index (χ1) is 15.5. The zero-order valence-electron chi connectivity index (χ0n) is 17.0. The monoisotopic (exact) mass is 427 g/mol. The summed E-state index contributed by atoms with van der Waals surface area (Å²) in [5.74, 6) is -0.541. The molecule has 7 heteroatoms. The Morgan fingerprint density at radius 1 is 0.781 bits per heavy atom. The van der Waals surface area contributed by atoms with E-state index in [1.54, 1.807) is 48.5 Å². The molecule has 1 aromatic heterocycles. The molecule has 1 aliphatic rings. The van der Waals surface area contributed by atoms with Crippen molar-refractivity contribution >= 4 is 22.7 Å². The van der Waals surface area contributed by atoms with Gasteiger partial charge in [0.05, 0.1) is 27.7 Å². The van der Waals surface area contributed by atoms with E-state index in [1.807, 2.05) is 0 Å². The molecule has 5 rings (SSSR count). The standard InChI is InChI=1S/C25H18FN3O3/c26-16-11-13-17(14-12-16)29-22(27-21-9-4-3-8-20(21)25(29)32)10-5-15-28-23(30)18-6-1-2-7-19(18)24(28)31/h1-4,6-9,11-14H,5,10,15H2. The second kappa shape index (κ2) is 7.85. The van der Waals surface area contributed by atoms with E-state index in [-0.39, 0.29) is 23.9 Å². The van der Waals surface area contributed by atoms with Gasteiger partial charge in [0.2, 0.25) is 0 Å². The molecule has 0 N–H and O–H groups in total. The van der Waals surface area contributed by atoms with E-state index in [4.69, 9.17) is 0 Å². The van der Waals surface area contributed by atoms with Gasteiger partial charge in [-0.05, 0) is 55.0 Å². The zero-order valence-corrected chi connectivity index (χ0v) is 17.0. The lowest BCUT2D eigenvalue weighted by Crippen LogP contribution is -2.31. The van der Waals surface area contributed by atoms with E-state index in [0.717, 1.165) is 0 Å². The highest BCUT2D eigenvalue weighted by molar-refractivity contribution is 6.21. The normalized spacial score (nSPS) is 13.1. The highest BCUT2D eigenvalue weighted by Crippen LogP contribution is 2.23. The summed E-state index contributed by atoms with van der Waals surface area (Å²) in [4.78, 5) is 44.3. The Labute approximate surface area is 182 Å². The van der Waals surface area contributed by atoms with Crippen LogP contribution >= 0.6 is 0 Å². The van der Waals surface area contributed by atoms with Crippen LogP contribution in [0.25, 0.3) is 16.6 Å². The van der Waals surface area contributed by atoms with Crippen molar-refractivity contribution < 1.29 is 14.0 Å². The molecule has 0 spiro atoms. The fraction of sp³-hybridized carbons (Fsp3) is 0.120. The number of carbonyl (C=O) groups excluding carboxylic acids is 2. The van der Waals surface area contributed by atoms with E-state index in [9.17, 15) is 18.8 Å². The predicted molar refractivity (Wildman–Crippen MR) is 117 cm³/mol. The maximum atomic E-state index is 13.4. The first kappa shape index (κ1) is 19.8. The van der Waals surface area contributed by atoms with Gasteiger partial charge in [-0.2, -0.15) is 0 Å². The minimum Gasteiger partial charge on any atom is -0.274 e. The molecule has 0 fully saturated rings. The lowest BCUT2D eigenvalue weighted by Gasteiger charge is -2.16. The molecule has 2 heterocycles. The van der Waals surface area contributed by atoms with Crippen molar-refractivity contribution in [2.45, 2.75) is 12.8 Å². The van der Waals surface area contributed by atoms with E-state index in [1.165, 1.54) is 33.7 Å². The number of aryl methyl sites for hydroxylation is 1. The van der Waals surface area contributed by atoms with Gasteiger partial charge in [0, 0.05) is 13.0 Å². The highest BCUT2D eigenvalue weighted by atomic mass is 19.1. The van der Waals surface area contributed by atoms with Crippen LogP contribution in [0.4, 0.5) is 4.39 Å². The number of para-hydroxylation sites is 1. The number of carbonyl (C=O) groups is 2. The molecule has 0 bridgehead atoms. The first-order valence-corrected chi connectivity index (χ1v) is 10.3. The van der Waals surface area contributed by atoms with Gasteiger partial charge in [-0.1, -0.05) is 24.3 Å². The third-order valence-electron chi connectivity index (χ3n) is 5.59. The average molecular weight is 427 g/mol. The van der Waals surface area contributed by atoms with Crippen LogP contribution < -0.4 is 5.56 Å². The summed E-state index contributed by atoms with van der Waals surface area (Å²) < 4.78 is 14.9. The van der Waals surface area contributed by atoms with E-state index >= 15 is 0 Å². The molecule has 0 unspecified atom stereocenters. The largest absolute Gasteiger partial charge is 0.274 e. The summed E-state index contributed by atoms with van der Waals surface area (Å²) in [6, 6.07) is 19.4. The first-order valence-electron chi connectivity index (χ1n) is 10.3. The second-order valence-electron chi connectivity index (χ2n) is 7.57. The molecular weight excluding hydrogens is 409 g/mol. The van der Waals surface area contributed by atoms with Gasteiger partial charge in [-0.3, -0.25) is 23.9 Å². The zero-order chi connectivity index (χ0) is 22.2. The Morgan fingerprint density at radius 3 is 2.09 bits per heavy atom. The number of hydrogen-bond donors (Lipinski definition) is 0. The van der Waals surface area contributed by atoms with Crippen LogP contribution in [0.3, 0.4) is 0 Å². The van der Waals surface area contributed by atoms with Crippen molar-refractivity contribution in [3.8, 4) is 5.69 Å². The van der Waals surface area contributed by atoms with Gasteiger partial charge in [-0.15, -0.1) is 0 Å². The van der Waals surface area contributed by atoms with E-state index < -0.39 is 5.82 Å². The Bertz CT molecular complexity index is 1390. The van der Waals surface area contributed by atoms with Crippen molar-refractivity contribution in [1.29, 1.82) is 0 Å². The minimum absolute atomic E-state index is 0.207. The summed E-state index contributed by atoms with van der Waals surface area (Å²) >= 11 is 0. The van der Waals surface area contributed by atoms with E-state index in [2.05, 4.69) is 4.98 Å². The Morgan fingerprint density at radius 2 is 1.41 bits per heavy atom. The van der Waals surface area contributed by atoms with Gasteiger partial charge in [0.1, 0.15) is 11.6 Å². The maximum absolute atomic E-state index is 13.4. The summed E-state index contributed by atoms with van der Waals surface area (Å²) in [5.41, 5.74) is 1.63. The highest BCUT2D eigenvalue weighted by Gasteiger charge is 2.34. The molecule has 2 amide bonds.